The van der Waals surface area contributed by atoms with Crippen LogP contribution in [-0.4, -0.2) is 0 Å². The van der Waals surface area contributed by atoms with Gasteiger partial charge in [0.1, 0.15) is 0 Å². The van der Waals surface area contributed by atoms with Crippen LogP contribution in [0.4, 0.5) is 0 Å². The third-order valence-electron chi connectivity index (χ3n) is 0.498. The Morgan fingerprint density at radius 2 is 1.45 bits per heavy atom. The Hall–Kier alpha value is -0.430. The Bertz CT molecular complexity index is 101. The molecule has 0 saturated heterocycles. The second-order valence-corrected chi connectivity index (χ2v) is 1.55. The maximum atomic E-state index is 3.98. The molecule has 0 aromatic carbocycles. The van der Waals surface area contributed by atoms with Crippen molar-refractivity contribution in [2.45, 2.75) is 27.7 Å². The maximum absolute atomic E-state index is 3.98. The van der Waals surface area contributed by atoms with E-state index in [-0.39, 0.29) is 0 Å². The molecule has 0 unspecified atom stereocenters. The molecule has 0 rings (SSSR count). The maximum Gasteiger partial charge on any atom is 0.00338 e. The molecule has 0 aliphatic carbocycles. The van der Waals surface area contributed by atoms with E-state index in [4.69, 9.17) is 0 Å². The van der Waals surface area contributed by atoms with Crippen molar-refractivity contribution < 1.29 is 0 Å². The first-order valence-electron chi connectivity index (χ1n) is 3.95. The van der Waals surface area contributed by atoms with Crippen LogP contribution in [-0.2, 0) is 0 Å². The van der Waals surface area contributed by atoms with Crippen molar-refractivity contribution in [1.29, 1.82) is 0 Å². The van der Waals surface area contributed by atoms with E-state index in [2.05, 4.69) is 25.8 Å². The smallest absolute Gasteiger partial charge is 0.00338 e. The van der Waals surface area contributed by atoms with Crippen molar-refractivity contribution >= 4 is 12.6 Å². The van der Waals surface area contributed by atoms with Crippen molar-refractivity contribution in [2.75, 3.05) is 0 Å². The zero-order valence-electron chi connectivity index (χ0n) is 8.09. The number of thiol groups is 1. The largest absolute Gasteiger partial charge is 0.143 e. The van der Waals surface area contributed by atoms with E-state index in [1.54, 1.807) is 18.2 Å². The van der Waals surface area contributed by atoms with Crippen LogP contribution >= 0.6 is 12.6 Å². The zero-order chi connectivity index (χ0) is 9.70. The van der Waals surface area contributed by atoms with Gasteiger partial charge in [0.05, 0.1) is 0 Å². The quantitative estimate of drug-likeness (QED) is 0.468. The number of rotatable bonds is 2. The fourth-order valence-corrected chi connectivity index (χ4v) is 0.294. The fourth-order valence-electron chi connectivity index (χ4n) is 0.189. The molecule has 0 fully saturated rings. The van der Waals surface area contributed by atoms with Crippen molar-refractivity contribution in [2.24, 2.45) is 0 Å². The van der Waals surface area contributed by atoms with E-state index in [0.29, 0.717) is 0 Å². The van der Waals surface area contributed by atoms with Crippen LogP contribution in [0.3, 0.4) is 0 Å². The fraction of sp³-hybridized carbons (Fsp3) is 0.400. The second-order valence-electron chi connectivity index (χ2n) is 1.03. The summed E-state index contributed by atoms with van der Waals surface area (Å²) in [6.07, 6.45) is 5.10. The molecule has 0 aromatic rings. The number of allylic oxidation sites excluding steroid dienone is 3. The molecule has 0 atom stereocenters. The molecule has 0 spiro atoms. The lowest BCUT2D eigenvalue weighted by molar-refractivity contribution is 1.50. The molecule has 0 aliphatic rings. The monoisotopic (exact) mass is 172 g/mol. The minimum Gasteiger partial charge on any atom is -0.143 e. The normalized spacial score (nSPS) is 7.91. The lowest BCUT2D eigenvalue weighted by atomic mass is 10.5. The topological polar surface area (TPSA) is 0 Å². The van der Waals surface area contributed by atoms with E-state index < -0.39 is 0 Å². The summed E-state index contributed by atoms with van der Waals surface area (Å²) in [7, 11) is 0. The lowest BCUT2D eigenvalue weighted by Gasteiger charge is -1.79. The highest BCUT2D eigenvalue weighted by Gasteiger charge is 1.70. The van der Waals surface area contributed by atoms with Gasteiger partial charge in [0.15, 0.2) is 0 Å². The molecular formula is C10H20S. The van der Waals surface area contributed by atoms with E-state index in [0.717, 1.165) is 4.91 Å². The molecule has 0 bridgehead atoms. The third kappa shape index (κ3) is 26.3. The minimum atomic E-state index is 0.843. The molecule has 0 heterocycles. The van der Waals surface area contributed by atoms with Crippen LogP contribution in [0.5, 0.6) is 0 Å². The van der Waals surface area contributed by atoms with Crippen molar-refractivity contribution in [1.82, 2.24) is 0 Å². The highest BCUT2D eigenvalue weighted by atomic mass is 32.1. The summed E-state index contributed by atoms with van der Waals surface area (Å²) >= 11 is 3.98. The zero-order valence-corrected chi connectivity index (χ0v) is 8.99. The number of hydrogen-bond donors (Lipinski definition) is 1. The predicted molar refractivity (Wildman–Crippen MR) is 60.2 cm³/mol. The summed E-state index contributed by atoms with van der Waals surface area (Å²) in [5.74, 6) is 0. The average Bonchev–Trinajstić information content (AvgIpc) is 2.12. The summed E-state index contributed by atoms with van der Waals surface area (Å²) < 4.78 is 0. The summed E-state index contributed by atoms with van der Waals surface area (Å²) in [5, 5.41) is 0. The van der Waals surface area contributed by atoms with Gasteiger partial charge in [0.2, 0.25) is 0 Å². The van der Waals surface area contributed by atoms with Crippen molar-refractivity contribution in [3.05, 3.63) is 36.3 Å². The van der Waals surface area contributed by atoms with E-state index in [9.17, 15) is 0 Å². The van der Waals surface area contributed by atoms with Crippen LogP contribution < -0.4 is 0 Å². The SMILES string of the molecule is C=C/C=C(/S)C=C.CC.CC. The lowest BCUT2D eigenvalue weighted by Crippen LogP contribution is -1.53. The first-order valence-corrected chi connectivity index (χ1v) is 4.40. The van der Waals surface area contributed by atoms with Gasteiger partial charge >= 0.3 is 0 Å². The predicted octanol–water partition coefficient (Wildman–Crippen LogP) is 4.22. The Balaban J connectivity index is -0.000000138. The highest BCUT2D eigenvalue weighted by Crippen LogP contribution is 1.98. The third-order valence-corrected chi connectivity index (χ3v) is 0.829. The van der Waals surface area contributed by atoms with Gasteiger partial charge in [-0.05, 0) is 6.08 Å². The summed E-state index contributed by atoms with van der Waals surface area (Å²) in [4.78, 5) is 0.843. The Kier molecular flexibility index (Phi) is 34.8. The molecule has 0 nitrogen and oxygen atoms in total. The molecular weight excluding hydrogens is 152 g/mol. The van der Waals surface area contributed by atoms with Crippen LogP contribution in [0.1, 0.15) is 27.7 Å². The summed E-state index contributed by atoms with van der Waals surface area (Å²) in [6.45, 7) is 15.0. The van der Waals surface area contributed by atoms with E-state index in [1.165, 1.54) is 0 Å². The highest BCUT2D eigenvalue weighted by molar-refractivity contribution is 7.84. The molecule has 66 valence electrons. The molecule has 0 saturated carbocycles. The average molecular weight is 172 g/mol. The van der Waals surface area contributed by atoms with Crippen molar-refractivity contribution in [3.63, 3.8) is 0 Å². The molecule has 0 N–H and O–H groups in total. The Morgan fingerprint density at radius 1 is 1.09 bits per heavy atom. The van der Waals surface area contributed by atoms with Gasteiger partial charge < -0.3 is 0 Å². The van der Waals surface area contributed by atoms with Gasteiger partial charge in [-0.15, -0.1) is 12.6 Å². The van der Waals surface area contributed by atoms with Gasteiger partial charge in [0, 0.05) is 4.91 Å². The number of hydrogen-bond acceptors (Lipinski definition) is 1. The molecule has 0 aromatic heterocycles. The molecule has 0 amide bonds. The van der Waals surface area contributed by atoms with Gasteiger partial charge in [-0.2, -0.15) is 0 Å². The van der Waals surface area contributed by atoms with Crippen LogP contribution in [0.2, 0.25) is 0 Å². The first kappa shape index (κ1) is 16.9. The van der Waals surface area contributed by atoms with Gasteiger partial charge in [-0.25, -0.2) is 0 Å². The van der Waals surface area contributed by atoms with Crippen LogP contribution in [0.15, 0.2) is 36.3 Å². The van der Waals surface area contributed by atoms with Crippen LogP contribution in [0, 0.1) is 0 Å². The summed E-state index contributed by atoms with van der Waals surface area (Å²) in [6, 6.07) is 0. The molecule has 11 heavy (non-hydrogen) atoms. The summed E-state index contributed by atoms with van der Waals surface area (Å²) in [5.41, 5.74) is 0. The molecule has 0 aliphatic heterocycles. The van der Waals surface area contributed by atoms with Crippen LogP contribution in [0.25, 0.3) is 0 Å². The standard InChI is InChI=1S/C6H8S.2C2H6/c1-3-5-6(7)4-2;2*1-2/h3-5,7H,1-2H2;2*1-2H3/b6-5+;;. The minimum absolute atomic E-state index is 0.843. The van der Waals surface area contributed by atoms with Gasteiger partial charge in [0.25, 0.3) is 0 Å². The van der Waals surface area contributed by atoms with Gasteiger partial charge in [-0.1, -0.05) is 53.0 Å². The molecule has 0 radical (unpaired) electrons. The Labute approximate surface area is 77.1 Å². The van der Waals surface area contributed by atoms with Gasteiger partial charge in [-0.3, -0.25) is 0 Å². The van der Waals surface area contributed by atoms with E-state index >= 15 is 0 Å². The first-order chi connectivity index (χ1) is 5.31. The molecule has 1 heteroatoms. The Morgan fingerprint density at radius 3 is 1.55 bits per heavy atom. The second kappa shape index (κ2) is 22.7. The van der Waals surface area contributed by atoms with E-state index in [1.807, 2.05) is 27.7 Å². The van der Waals surface area contributed by atoms with Crippen molar-refractivity contribution in [3.8, 4) is 0 Å².